The van der Waals surface area contributed by atoms with E-state index in [2.05, 4.69) is 29.0 Å². The van der Waals surface area contributed by atoms with E-state index in [0.717, 1.165) is 23.5 Å². The Kier molecular flexibility index (Phi) is 11.1. The van der Waals surface area contributed by atoms with Crippen LogP contribution in [0.1, 0.15) is 101 Å². The molecule has 36 heavy (non-hydrogen) atoms. The Bertz CT molecular complexity index is 1070. The normalized spacial score (nSPS) is 14.6. The lowest BCUT2D eigenvalue weighted by Crippen LogP contribution is -2.17. The number of aliphatic imine (C=N–C) groups is 1. The molecule has 0 atom stereocenters. The fraction of sp³-hybridized carbons (Fsp3) is 0.533. The Morgan fingerprint density at radius 1 is 0.889 bits per heavy atom. The van der Waals surface area contributed by atoms with Crippen LogP contribution < -0.4 is 0 Å². The van der Waals surface area contributed by atoms with Crippen molar-refractivity contribution in [3.05, 3.63) is 64.1 Å². The van der Waals surface area contributed by atoms with Gasteiger partial charge in [-0.05, 0) is 64.0 Å². The molecule has 6 nitrogen and oxygen atoms in total. The second-order valence-electron chi connectivity index (χ2n) is 9.42. The topological polar surface area (TPSA) is 79.5 Å². The van der Waals surface area contributed by atoms with E-state index in [1.807, 2.05) is 32.1 Å². The maximum Gasteiger partial charge on any atom is 0.344 e. The van der Waals surface area contributed by atoms with Gasteiger partial charge in [-0.1, -0.05) is 58.3 Å². The van der Waals surface area contributed by atoms with Crippen molar-refractivity contribution in [2.45, 2.75) is 91.9 Å². The fourth-order valence-electron chi connectivity index (χ4n) is 4.54. The third-order valence-corrected chi connectivity index (χ3v) is 6.39. The molecule has 1 aliphatic heterocycles. The third-order valence-electron chi connectivity index (χ3n) is 6.39. The van der Waals surface area contributed by atoms with Gasteiger partial charge in [0.05, 0.1) is 18.9 Å². The highest BCUT2D eigenvalue weighted by Crippen LogP contribution is 2.32. The average Bonchev–Trinajstić information content (AvgIpc) is 3.58. The van der Waals surface area contributed by atoms with Gasteiger partial charge in [0.25, 0.3) is 0 Å². The Morgan fingerprint density at radius 2 is 1.61 bits per heavy atom. The number of nitrogens with zero attached hydrogens (tertiary/aromatic N) is 1. The SMILES string of the molecule is CCCCCCCCCCCc1ccc(/C=C2\N=C(c3ccc(C)[nH]3)C(C(=O)OCC)=C2OCC)[nH]1. The molecule has 2 N–H and O–H groups in total. The lowest BCUT2D eigenvalue weighted by molar-refractivity contribution is -0.138. The van der Waals surface area contributed by atoms with E-state index < -0.39 is 5.97 Å². The number of carbonyl (C=O) groups excluding carboxylic acids is 1. The van der Waals surface area contributed by atoms with Crippen molar-refractivity contribution in [3.63, 3.8) is 0 Å². The summed E-state index contributed by atoms with van der Waals surface area (Å²) in [6, 6.07) is 8.10. The second kappa shape index (κ2) is 14.5. The quantitative estimate of drug-likeness (QED) is 0.189. The van der Waals surface area contributed by atoms with Crippen LogP contribution in [0, 0.1) is 6.92 Å². The summed E-state index contributed by atoms with van der Waals surface area (Å²) in [7, 11) is 0. The first-order valence-corrected chi connectivity index (χ1v) is 13.8. The highest BCUT2D eigenvalue weighted by Gasteiger charge is 2.33. The standard InChI is InChI=1S/C30H43N3O3/c1-5-8-9-10-11-12-13-14-15-16-23-18-19-24(32-23)21-26-29(35-6-2)27(30(34)36-7-3)28(33-26)25-20-17-22(4)31-25/h17-21,31-32H,5-16H2,1-4H3/b26-21-. The first-order chi connectivity index (χ1) is 17.6. The van der Waals surface area contributed by atoms with Crippen molar-refractivity contribution in [2.75, 3.05) is 13.2 Å². The van der Waals surface area contributed by atoms with E-state index in [0.29, 0.717) is 29.3 Å². The van der Waals surface area contributed by atoms with Crippen molar-refractivity contribution in [1.29, 1.82) is 0 Å². The molecule has 6 heteroatoms. The predicted molar refractivity (Wildman–Crippen MR) is 147 cm³/mol. The predicted octanol–water partition coefficient (Wildman–Crippen LogP) is 7.42. The summed E-state index contributed by atoms with van der Waals surface area (Å²) in [4.78, 5) is 24.5. The molecule has 0 saturated heterocycles. The third kappa shape index (κ3) is 7.74. The van der Waals surface area contributed by atoms with Crippen LogP contribution >= 0.6 is 0 Å². The van der Waals surface area contributed by atoms with Gasteiger partial charge in [0.2, 0.25) is 0 Å². The van der Waals surface area contributed by atoms with Crippen molar-refractivity contribution < 1.29 is 14.3 Å². The summed E-state index contributed by atoms with van der Waals surface area (Å²) in [5, 5.41) is 0. The molecule has 3 rings (SSSR count). The first-order valence-electron chi connectivity index (χ1n) is 13.8. The largest absolute Gasteiger partial charge is 0.491 e. The van der Waals surface area contributed by atoms with Gasteiger partial charge < -0.3 is 19.4 Å². The number of unbranched alkanes of at least 4 members (excludes halogenated alkanes) is 8. The molecule has 0 aliphatic carbocycles. The van der Waals surface area contributed by atoms with Crippen molar-refractivity contribution in [2.24, 2.45) is 4.99 Å². The molecule has 0 spiro atoms. The van der Waals surface area contributed by atoms with Gasteiger partial charge in [0.15, 0.2) is 5.76 Å². The molecular formula is C30H43N3O3. The molecule has 0 amide bonds. The molecule has 3 heterocycles. The summed E-state index contributed by atoms with van der Waals surface area (Å²) in [6.45, 7) is 8.66. The van der Waals surface area contributed by atoms with E-state index in [1.165, 1.54) is 63.5 Å². The number of esters is 1. The van der Waals surface area contributed by atoms with Gasteiger partial charge in [0, 0.05) is 17.1 Å². The Labute approximate surface area is 216 Å². The van der Waals surface area contributed by atoms with Crippen LogP contribution in [0.25, 0.3) is 6.08 Å². The van der Waals surface area contributed by atoms with Crippen LogP contribution in [0.3, 0.4) is 0 Å². The summed E-state index contributed by atoms with van der Waals surface area (Å²) in [5.41, 5.74) is 5.48. The zero-order chi connectivity index (χ0) is 25.8. The van der Waals surface area contributed by atoms with Gasteiger partial charge in [-0.15, -0.1) is 0 Å². The Morgan fingerprint density at radius 3 is 2.25 bits per heavy atom. The maximum absolute atomic E-state index is 12.9. The first kappa shape index (κ1) is 27.6. The van der Waals surface area contributed by atoms with Crippen molar-refractivity contribution >= 4 is 17.8 Å². The maximum atomic E-state index is 12.9. The molecule has 2 aromatic heterocycles. The molecule has 0 saturated carbocycles. The number of rotatable bonds is 16. The van der Waals surface area contributed by atoms with Gasteiger partial charge in [-0.2, -0.15) is 0 Å². The highest BCUT2D eigenvalue weighted by molar-refractivity contribution is 6.29. The van der Waals surface area contributed by atoms with E-state index in [1.54, 1.807) is 6.92 Å². The number of aromatic nitrogens is 2. The zero-order valence-electron chi connectivity index (χ0n) is 22.5. The number of hydrogen-bond donors (Lipinski definition) is 2. The van der Waals surface area contributed by atoms with Crippen LogP contribution in [0.15, 0.2) is 46.3 Å². The number of carbonyl (C=O) groups is 1. The number of hydrogen-bond acceptors (Lipinski definition) is 4. The summed E-state index contributed by atoms with van der Waals surface area (Å²) in [5.74, 6) is 0.0428. The number of aryl methyl sites for hydroxylation is 2. The van der Waals surface area contributed by atoms with Crippen LogP contribution in [0.4, 0.5) is 0 Å². The molecule has 2 aromatic rings. The molecular weight excluding hydrogens is 450 g/mol. The molecule has 0 unspecified atom stereocenters. The number of nitrogens with one attached hydrogen (secondary N) is 2. The molecule has 0 bridgehead atoms. The minimum atomic E-state index is -0.423. The van der Waals surface area contributed by atoms with Gasteiger partial charge in [-0.3, -0.25) is 0 Å². The van der Waals surface area contributed by atoms with E-state index in [9.17, 15) is 4.79 Å². The summed E-state index contributed by atoms with van der Waals surface area (Å²) >= 11 is 0. The van der Waals surface area contributed by atoms with E-state index >= 15 is 0 Å². The average molecular weight is 494 g/mol. The van der Waals surface area contributed by atoms with E-state index in [-0.39, 0.29) is 6.61 Å². The summed E-state index contributed by atoms with van der Waals surface area (Å²) < 4.78 is 11.3. The van der Waals surface area contributed by atoms with Gasteiger partial charge >= 0.3 is 5.97 Å². The van der Waals surface area contributed by atoms with Gasteiger partial charge in [0.1, 0.15) is 17.0 Å². The van der Waals surface area contributed by atoms with Crippen LogP contribution in [0.5, 0.6) is 0 Å². The lowest BCUT2D eigenvalue weighted by Gasteiger charge is -2.09. The number of H-pyrrole nitrogens is 2. The Balaban J connectivity index is 1.68. The molecule has 1 aliphatic rings. The highest BCUT2D eigenvalue weighted by atomic mass is 16.5. The second-order valence-corrected chi connectivity index (χ2v) is 9.42. The van der Waals surface area contributed by atoms with Crippen molar-refractivity contribution in [1.82, 2.24) is 9.97 Å². The monoisotopic (exact) mass is 493 g/mol. The van der Waals surface area contributed by atoms with Crippen LogP contribution in [-0.4, -0.2) is 34.9 Å². The van der Waals surface area contributed by atoms with Crippen LogP contribution in [0.2, 0.25) is 0 Å². The number of aromatic amines is 2. The zero-order valence-corrected chi connectivity index (χ0v) is 22.5. The fourth-order valence-corrected chi connectivity index (χ4v) is 4.54. The van der Waals surface area contributed by atoms with Crippen LogP contribution in [-0.2, 0) is 20.7 Å². The molecule has 0 aromatic carbocycles. The molecule has 0 fully saturated rings. The van der Waals surface area contributed by atoms with Crippen molar-refractivity contribution in [3.8, 4) is 0 Å². The van der Waals surface area contributed by atoms with Gasteiger partial charge in [-0.25, -0.2) is 9.79 Å². The number of ether oxygens (including phenoxy) is 2. The molecule has 0 radical (unpaired) electrons. The minimum Gasteiger partial charge on any atom is -0.491 e. The lowest BCUT2D eigenvalue weighted by atomic mass is 10.1. The smallest absolute Gasteiger partial charge is 0.344 e. The Hall–Kier alpha value is -3.02. The van der Waals surface area contributed by atoms with E-state index in [4.69, 9.17) is 14.5 Å². The molecule has 196 valence electrons. The minimum absolute atomic E-state index is 0.288. The summed E-state index contributed by atoms with van der Waals surface area (Å²) in [6.07, 6.45) is 14.9.